The number of carbonyl (C=O) groups excluding carboxylic acids is 1. The molecule has 1 amide bonds. The highest BCUT2D eigenvalue weighted by Crippen LogP contribution is 2.24. The number of halogens is 1. The molecule has 2 aromatic carbocycles. The lowest BCUT2D eigenvalue weighted by atomic mass is 10.2. The summed E-state index contributed by atoms with van der Waals surface area (Å²) < 4.78 is 18.8. The SMILES string of the molecule is O=C(Nc1ccc(-c2nc3ncccc3o2)cc1)c1cccc(F)c1. The van der Waals surface area contributed by atoms with Crippen LogP contribution in [0.3, 0.4) is 0 Å². The lowest BCUT2D eigenvalue weighted by molar-refractivity contribution is 0.102. The molecule has 4 rings (SSSR count). The molecule has 122 valence electrons. The molecule has 0 atom stereocenters. The first-order valence-electron chi connectivity index (χ1n) is 7.58. The van der Waals surface area contributed by atoms with Gasteiger partial charge < -0.3 is 9.73 Å². The van der Waals surface area contributed by atoms with Crippen LogP contribution in [0, 0.1) is 5.82 Å². The number of rotatable bonds is 3. The van der Waals surface area contributed by atoms with Crippen molar-refractivity contribution in [1.82, 2.24) is 9.97 Å². The number of anilines is 1. The monoisotopic (exact) mass is 333 g/mol. The van der Waals surface area contributed by atoms with Crippen LogP contribution >= 0.6 is 0 Å². The van der Waals surface area contributed by atoms with Crippen molar-refractivity contribution in [1.29, 1.82) is 0 Å². The number of amides is 1. The first kappa shape index (κ1) is 15.0. The molecule has 0 saturated carbocycles. The van der Waals surface area contributed by atoms with Gasteiger partial charge in [0.2, 0.25) is 5.89 Å². The molecule has 0 unspecified atom stereocenters. The van der Waals surface area contributed by atoms with E-state index in [2.05, 4.69) is 15.3 Å². The van der Waals surface area contributed by atoms with Crippen LogP contribution in [0.4, 0.5) is 10.1 Å². The van der Waals surface area contributed by atoms with E-state index < -0.39 is 5.82 Å². The summed E-state index contributed by atoms with van der Waals surface area (Å²) >= 11 is 0. The fourth-order valence-electron chi connectivity index (χ4n) is 2.42. The van der Waals surface area contributed by atoms with E-state index in [1.165, 1.54) is 18.2 Å². The number of fused-ring (bicyclic) bond motifs is 1. The van der Waals surface area contributed by atoms with Crippen molar-refractivity contribution in [2.45, 2.75) is 0 Å². The van der Waals surface area contributed by atoms with Crippen molar-refractivity contribution < 1.29 is 13.6 Å². The molecule has 0 aliphatic heterocycles. The average Bonchev–Trinajstić information content (AvgIpc) is 3.06. The number of carbonyl (C=O) groups is 1. The lowest BCUT2D eigenvalue weighted by Gasteiger charge is -2.05. The van der Waals surface area contributed by atoms with Gasteiger partial charge in [-0.2, -0.15) is 4.98 Å². The van der Waals surface area contributed by atoms with Gasteiger partial charge in [0.25, 0.3) is 5.91 Å². The Labute approximate surface area is 142 Å². The van der Waals surface area contributed by atoms with E-state index in [9.17, 15) is 9.18 Å². The summed E-state index contributed by atoms with van der Waals surface area (Å²) in [6.07, 6.45) is 1.65. The summed E-state index contributed by atoms with van der Waals surface area (Å²) in [5.74, 6) is -0.373. The van der Waals surface area contributed by atoms with Crippen LogP contribution in [0.15, 0.2) is 71.3 Å². The molecule has 1 N–H and O–H groups in total. The largest absolute Gasteiger partial charge is 0.434 e. The second-order valence-corrected chi connectivity index (χ2v) is 5.39. The minimum absolute atomic E-state index is 0.258. The summed E-state index contributed by atoms with van der Waals surface area (Å²) in [6.45, 7) is 0. The second-order valence-electron chi connectivity index (χ2n) is 5.39. The average molecular weight is 333 g/mol. The Hall–Kier alpha value is -3.54. The normalized spacial score (nSPS) is 10.8. The second kappa shape index (κ2) is 6.16. The Balaban J connectivity index is 1.54. The molecule has 4 aromatic rings. The summed E-state index contributed by atoms with van der Waals surface area (Å²) in [5.41, 5.74) is 2.77. The van der Waals surface area contributed by atoms with Gasteiger partial charge in [0.1, 0.15) is 5.82 Å². The van der Waals surface area contributed by atoms with E-state index in [4.69, 9.17) is 4.42 Å². The number of pyridine rings is 1. The molecule has 0 aliphatic rings. The number of benzene rings is 2. The van der Waals surface area contributed by atoms with Gasteiger partial charge in [-0.15, -0.1) is 0 Å². The number of nitrogens with zero attached hydrogens (tertiary/aromatic N) is 2. The summed E-state index contributed by atoms with van der Waals surface area (Å²) in [6, 6.07) is 16.1. The maximum Gasteiger partial charge on any atom is 0.255 e. The number of hydrogen-bond acceptors (Lipinski definition) is 4. The highest BCUT2D eigenvalue weighted by molar-refractivity contribution is 6.04. The molecule has 5 nitrogen and oxygen atoms in total. The Morgan fingerprint density at radius 2 is 1.88 bits per heavy atom. The molecule has 2 aromatic heterocycles. The lowest BCUT2D eigenvalue weighted by Crippen LogP contribution is -2.11. The predicted molar refractivity (Wildman–Crippen MR) is 91.6 cm³/mol. The quantitative estimate of drug-likeness (QED) is 0.607. The van der Waals surface area contributed by atoms with Crippen LogP contribution in [0.25, 0.3) is 22.7 Å². The minimum Gasteiger partial charge on any atom is -0.434 e. The Bertz CT molecular complexity index is 1020. The van der Waals surface area contributed by atoms with E-state index in [1.54, 1.807) is 48.7 Å². The molecule has 0 spiro atoms. The van der Waals surface area contributed by atoms with Crippen LogP contribution in [0.1, 0.15) is 10.4 Å². The minimum atomic E-state index is -0.451. The molecule has 2 heterocycles. The molecule has 0 fully saturated rings. The maximum atomic E-state index is 13.2. The molecule has 0 radical (unpaired) electrons. The Morgan fingerprint density at radius 1 is 1.04 bits per heavy atom. The van der Waals surface area contributed by atoms with Crippen LogP contribution in [-0.2, 0) is 0 Å². The standard InChI is InChI=1S/C19H12FN3O2/c20-14-4-1-3-13(11-14)18(24)22-15-8-6-12(7-9-15)19-23-17-16(25-19)5-2-10-21-17/h1-11H,(H,22,24). The molecule has 0 bridgehead atoms. The zero-order chi connectivity index (χ0) is 17.2. The number of nitrogens with one attached hydrogen (secondary N) is 1. The van der Waals surface area contributed by atoms with Gasteiger partial charge in [0, 0.05) is 23.0 Å². The number of oxazole rings is 1. The highest BCUT2D eigenvalue weighted by Gasteiger charge is 2.10. The number of aromatic nitrogens is 2. The predicted octanol–water partition coefficient (Wildman–Crippen LogP) is 4.28. The third-order valence-electron chi connectivity index (χ3n) is 3.64. The van der Waals surface area contributed by atoms with Gasteiger partial charge >= 0.3 is 0 Å². The molecular formula is C19H12FN3O2. The third-order valence-corrected chi connectivity index (χ3v) is 3.64. The molecule has 25 heavy (non-hydrogen) atoms. The van der Waals surface area contributed by atoms with Gasteiger partial charge in [-0.25, -0.2) is 9.37 Å². The van der Waals surface area contributed by atoms with Gasteiger partial charge in [0.15, 0.2) is 11.2 Å². The molecule has 0 aliphatic carbocycles. The van der Waals surface area contributed by atoms with Crippen LogP contribution in [0.5, 0.6) is 0 Å². The summed E-state index contributed by atoms with van der Waals surface area (Å²) in [7, 11) is 0. The van der Waals surface area contributed by atoms with Crippen molar-refractivity contribution in [3.05, 3.63) is 78.2 Å². The summed E-state index contributed by atoms with van der Waals surface area (Å²) in [5, 5.41) is 2.72. The zero-order valence-corrected chi connectivity index (χ0v) is 12.9. The fourth-order valence-corrected chi connectivity index (χ4v) is 2.42. The molecule has 6 heteroatoms. The number of hydrogen-bond donors (Lipinski definition) is 1. The summed E-state index contributed by atoms with van der Waals surface area (Å²) in [4.78, 5) is 20.6. The van der Waals surface area contributed by atoms with Crippen LogP contribution in [-0.4, -0.2) is 15.9 Å². The van der Waals surface area contributed by atoms with Crippen LogP contribution < -0.4 is 5.32 Å². The highest BCUT2D eigenvalue weighted by atomic mass is 19.1. The smallest absolute Gasteiger partial charge is 0.255 e. The molecular weight excluding hydrogens is 321 g/mol. The van der Waals surface area contributed by atoms with Gasteiger partial charge in [-0.3, -0.25) is 4.79 Å². The van der Waals surface area contributed by atoms with E-state index in [0.29, 0.717) is 22.8 Å². The van der Waals surface area contributed by atoms with Gasteiger partial charge in [-0.05, 0) is 54.6 Å². The van der Waals surface area contributed by atoms with E-state index >= 15 is 0 Å². The fraction of sp³-hybridized carbons (Fsp3) is 0. The van der Waals surface area contributed by atoms with Gasteiger partial charge in [0.05, 0.1) is 0 Å². The molecule has 0 saturated heterocycles. The third kappa shape index (κ3) is 3.10. The van der Waals surface area contributed by atoms with E-state index in [0.717, 1.165) is 5.56 Å². The zero-order valence-electron chi connectivity index (χ0n) is 12.9. The van der Waals surface area contributed by atoms with Crippen LogP contribution in [0.2, 0.25) is 0 Å². The van der Waals surface area contributed by atoms with E-state index in [1.807, 2.05) is 0 Å². The van der Waals surface area contributed by atoms with E-state index in [-0.39, 0.29) is 11.5 Å². The first-order valence-corrected chi connectivity index (χ1v) is 7.58. The van der Waals surface area contributed by atoms with Crippen molar-refractivity contribution in [2.75, 3.05) is 5.32 Å². The van der Waals surface area contributed by atoms with Gasteiger partial charge in [-0.1, -0.05) is 6.07 Å². The van der Waals surface area contributed by atoms with Crippen molar-refractivity contribution in [3.63, 3.8) is 0 Å². The Morgan fingerprint density at radius 3 is 2.64 bits per heavy atom. The van der Waals surface area contributed by atoms with Crippen molar-refractivity contribution in [3.8, 4) is 11.5 Å². The Kier molecular flexibility index (Phi) is 3.70. The first-order chi connectivity index (χ1) is 12.2. The van der Waals surface area contributed by atoms with Crippen molar-refractivity contribution >= 4 is 22.8 Å². The van der Waals surface area contributed by atoms with Crippen molar-refractivity contribution in [2.24, 2.45) is 0 Å². The topological polar surface area (TPSA) is 68.0 Å². The maximum absolute atomic E-state index is 13.2.